The van der Waals surface area contributed by atoms with E-state index in [4.69, 9.17) is 0 Å². The number of nitrogens with zero attached hydrogens (tertiary/aromatic N) is 1. The largest absolute Gasteiger partial charge is 0.360 e. The maximum atomic E-state index is 12.2. The third-order valence-corrected chi connectivity index (χ3v) is 5.74. The second-order valence-electron chi connectivity index (χ2n) is 5.32. The van der Waals surface area contributed by atoms with Crippen molar-refractivity contribution in [1.82, 2.24) is 10.3 Å². The van der Waals surface area contributed by atoms with E-state index in [9.17, 15) is 4.79 Å². The number of aromatic nitrogens is 1. The molecule has 0 aliphatic rings. The zero-order chi connectivity index (χ0) is 16.4. The fourth-order valence-corrected chi connectivity index (χ4v) is 4.34. The molecule has 0 bridgehead atoms. The van der Waals surface area contributed by atoms with Gasteiger partial charge in [0.1, 0.15) is 0 Å². The molecule has 120 valence electrons. The highest BCUT2D eigenvalue weighted by molar-refractivity contribution is 7.22. The molecule has 0 fully saturated rings. The molecule has 0 saturated carbocycles. The maximum absolute atomic E-state index is 12.2. The summed E-state index contributed by atoms with van der Waals surface area (Å²) in [5.41, 5.74) is 0.999. The van der Waals surface area contributed by atoms with E-state index in [0.717, 1.165) is 30.3 Å². The van der Waals surface area contributed by atoms with Crippen molar-refractivity contribution in [3.05, 3.63) is 59.5 Å². The number of benzene rings is 2. The molecule has 0 unspecified atom stereocenters. The van der Waals surface area contributed by atoms with E-state index in [2.05, 4.69) is 21.7 Å². The van der Waals surface area contributed by atoms with Crippen molar-refractivity contribution < 1.29 is 4.79 Å². The quantitative estimate of drug-likeness (QED) is 0.524. The second-order valence-corrected chi connectivity index (χ2v) is 7.43. The lowest BCUT2D eigenvalue weighted by Crippen LogP contribution is -2.28. The lowest BCUT2D eigenvalue weighted by atomic mass is 10.2. The number of para-hydroxylation sites is 1. The number of amides is 1. The molecule has 2 aromatic carbocycles. The Morgan fingerprint density at radius 2 is 1.75 bits per heavy atom. The number of thiophene rings is 1. The molecule has 1 amide bonds. The average molecular weight is 353 g/mol. The van der Waals surface area contributed by atoms with Gasteiger partial charge < -0.3 is 10.6 Å². The van der Waals surface area contributed by atoms with Gasteiger partial charge in [0.15, 0.2) is 5.13 Å². The smallest absolute Gasteiger partial charge is 0.261 e. The molecule has 2 N–H and O–H groups in total. The van der Waals surface area contributed by atoms with Crippen molar-refractivity contribution in [2.75, 3.05) is 18.4 Å². The highest BCUT2D eigenvalue weighted by Crippen LogP contribution is 2.26. The van der Waals surface area contributed by atoms with Crippen LogP contribution in [-0.2, 0) is 0 Å². The molecule has 0 saturated heterocycles. The van der Waals surface area contributed by atoms with Crippen LogP contribution in [0.3, 0.4) is 0 Å². The van der Waals surface area contributed by atoms with Gasteiger partial charge in [0.05, 0.1) is 15.1 Å². The molecule has 0 radical (unpaired) electrons. The first kappa shape index (κ1) is 15.1. The normalized spacial score (nSPS) is 11.0. The van der Waals surface area contributed by atoms with Crippen LogP contribution in [0.25, 0.3) is 20.3 Å². The van der Waals surface area contributed by atoms with E-state index >= 15 is 0 Å². The fourth-order valence-electron chi connectivity index (χ4n) is 2.47. The van der Waals surface area contributed by atoms with E-state index in [1.54, 1.807) is 11.3 Å². The standard InChI is InChI=1S/C18H15N3OS2/c22-17(16-11-12-5-1-3-7-14(12)23-16)19-9-10-20-18-21-13-6-2-4-8-15(13)24-18/h1-8,11H,9-10H2,(H,19,22)(H,20,21). The minimum Gasteiger partial charge on any atom is -0.360 e. The van der Waals surface area contributed by atoms with Crippen molar-refractivity contribution in [2.24, 2.45) is 0 Å². The highest BCUT2D eigenvalue weighted by Gasteiger charge is 2.09. The van der Waals surface area contributed by atoms with Crippen molar-refractivity contribution in [3.63, 3.8) is 0 Å². The van der Waals surface area contributed by atoms with Gasteiger partial charge in [-0.1, -0.05) is 41.7 Å². The Morgan fingerprint density at radius 3 is 2.58 bits per heavy atom. The summed E-state index contributed by atoms with van der Waals surface area (Å²) in [7, 11) is 0. The van der Waals surface area contributed by atoms with Crippen LogP contribution in [0.2, 0.25) is 0 Å². The zero-order valence-electron chi connectivity index (χ0n) is 12.8. The number of hydrogen-bond acceptors (Lipinski definition) is 5. The van der Waals surface area contributed by atoms with Crippen molar-refractivity contribution in [2.45, 2.75) is 0 Å². The molecule has 0 aliphatic heterocycles. The maximum Gasteiger partial charge on any atom is 0.261 e. The third-order valence-electron chi connectivity index (χ3n) is 3.63. The van der Waals surface area contributed by atoms with E-state index in [0.29, 0.717) is 13.1 Å². The summed E-state index contributed by atoms with van der Waals surface area (Å²) in [5.74, 6) is -0.0256. The lowest BCUT2D eigenvalue weighted by molar-refractivity contribution is 0.0959. The monoisotopic (exact) mass is 353 g/mol. The molecule has 0 aliphatic carbocycles. The van der Waals surface area contributed by atoms with Crippen LogP contribution in [-0.4, -0.2) is 24.0 Å². The van der Waals surface area contributed by atoms with Gasteiger partial charge in [0.25, 0.3) is 5.91 Å². The van der Waals surface area contributed by atoms with Crippen LogP contribution in [0.5, 0.6) is 0 Å². The van der Waals surface area contributed by atoms with E-state index < -0.39 is 0 Å². The Morgan fingerprint density at radius 1 is 0.958 bits per heavy atom. The van der Waals surface area contributed by atoms with Crippen molar-refractivity contribution in [1.29, 1.82) is 0 Å². The third kappa shape index (κ3) is 3.11. The second kappa shape index (κ2) is 6.59. The molecule has 2 heterocycles. The number of carbonyl (C=O) groups is 1. The number of fused-ring (bicyclic) bond motifs is 2. The van der Waals surface area contributed by atoms with Gasteiger partial charge in [-0.05, 0) is 29.7 Å². The number of carbonyl (C=O) groups excluding carboxylic acids is 1. The number of nitrogens with one attached hydrogen (secondary N) is 2. The number of anilines is 1. The van der Waals surface area contributed by atoms with Crippen molar-refractivity contribution >= 4 is 54.0 Å². The molecule has 4 nitrogen and oxygen atoms in total. The summed E-state index contributed by atoms with van der Waals surface area (Å²) in [5, 5.41) is 8.21. The predicted molar refractivity (Wildman–Crippen MR) is 102 cm³/mol. The Hall–Kier alpha value is -2.44. The first-order chi connectivity index (χ1) is 11.8. The first-order valence-electron chi connectivity index (χ1n) is 7.66. The predicted octanol–water partition coefficient (Wildman–Crippen LogP) is 4.35. The van der Waals surface area contributed by atoms with Crippen LogP contribution < -0.4 is 10.6 Å². The molecular formula is C18H15N3OS2. The Labute approximate surface area is 147 Å². The summed E-state index contributed by atoms with van der Waals surface area (Å²) in [4.78, 5) is 17.5. The average Bonchev–Trinajstić information content (AvgIpc) is 3.21. The molecule has 0 atom stereocenters. The van der Waals surface area contributed by atoms with Gasteiger partial charge >= 0.3 is 0 Å². The molecule has 24 heavy (non-hydrogen) atoms. The van der Waals surface area contributed by atoms with Crippen molar-refractivity contribution in [3.8, 4) is 0 Å². The molecule has 2 aromatic heterocycles. The first-order valence-corrected chi connectivity index (χ1v) is 9.29. The Bertz CT molecular complexity index is 940. The summed E-state index contributed by atoms with van der Waals surface area (Å²) < 4.78 is 2.30. The minimum absolute atomic E-state index is 0.0256. The van der Waals surface area contributed by atoms with Crippen LogP contribution >= 0.6 is 22.7 Å². The van der Waals surface area contributed by atoms with Crippen LogP contribution in [0.15, 0.2) is 54.6 Å². The number of hydrogen-bond donors (Lipinski definition) is 2. The van der Waals surface area contributed by atoms with Crippen LogP contribution in [0, 0.1) is 0 Å². The SMILES string of the molecule is O=C(NCCNc1nc2ccccc2s1)c1cc2ccccc2s1. The molecule has 6 heteroatoms. The summed E-state index contributed by atoms with van der Waals surface area (Å²) in [6.45, 7) is 1.21. The summed E-state index contributed by atoms with van der Waals surface area (Å²) in [6, 6.07) is 18.0. The number of rotatable bonds is 5. The van der Waals surface area contributed by atoms with Gasteiger partial charge in [0.2, 0.25) is 0 Å². The zero-order valence-corrected chi connectivity index (χ0v) is 14.4. The number of thiazole rings is 1. The van der Waals surface area contributed by atoms with E-state index in [1.165, 1.54) is 11.3 Å². The molecule has 4 aromatic rings. The van der Waals surface area contributed by atoms with Gasteiger partial charge in [-0.3, -0.25) is 4.79 Å². The van der Waals surface area contributed by atoms with Gasteiger partial charge in [-0.25, -0.2) is 4.98 Å². The van der Waals surface area contributed by atoms with Gasteiger partial charge in [-0.15, -0.1) is 11.3 Å². The summed E-state index contributed by atoms with van der Waals surface area (Å²) >= 11 is 3.14. The topological polar surface area (TPSA) is 54.0 Å². The van der Waals surface area contributed by atoms with Gasteiger partial charge in [-0.2, -0.15) is 0 Å². The van der Waals surface area contributed by atoms with Crippen LogP contribution in [0.1, 0.15) is 9.67 Å². The fraction of sp³-hybridized carbons (Fsp3) is 0.111. The van der Waals surface area contributed by atoms with Gasteiger partial charge in [0, 0.05) is 17.8 Å². The van der Waals surface area contributed by atoms with E-state index in [-0.39, 0.29) is 5.91 Å². The Kier molecular flexibility index (Phi) is 4.15. The van der Waals surface area contributed by atoms with Crippen LogP contribution in [0.4, 0.5) is 5.13 Å². The summed E-state index contributed by atoms with van der Waals surface area (Å²) in [6.07, 6.45) is 0. The lowest BCUT2D eigenvalue weighted by Gasteiger charge is -2.04. The highest BCUT2D eigenvalue weighted by atomic mass is 32.1. The molecular weight excluding hydrogens is 338 g/mol. The minimum atomic E-state index is -0.0256. The molecule has 0 spiro atoms. The molecule has 4 rings (SSSR count). The van der Waals surface area contributed by atoms with E-state index in [1.807, 2.05) is 48.5 Å². The Balaban J connectivity index is 1.32.